The van der Waals surface area contributed by atoms with Gasteiger partial charge in [-0.1, -0.05) is 29.8 Å². The number of hydrogen-bond acceptors (Lipinski definition) is 1. The van der Waals surface area contributed by atoms with Crippen LogP contribution in [0.25, 0.3) is 0 Å². The number of carboxylic acid groups (broad SMARTS) is 1. The van der Waals surface area contributed by atoms with Gasteiger partial charge in [0.2, 0.25) is 0 Å². The average Bonchev–Trinajstić information content (AvgIpc) is 1.93. The van der Waals surface area contributed by atoms with Crippen molar-refractivity contribution in [2.24, 2.45) is 0 Å². The summed E-state index contributed by atoms with van der Waals surface area (Å²) >= 11 is 0. The van der Waals surface area contributed by atoms with E-state index in [4.69, 9.17) is 5.11 Å². The zero-order valence-electron chi connectivity index (χ0n) is 6.24. The van der Waals surface area contributed by atoms with E-state index in [1.54, 1.807) is 12.1 Å². The molecule has 0 aliphatic rings. The van der Waals surface area contributed by atoms with Gasteiger partial charge in [-0.3, -0.25) is 4.79 Å². The molecule has 0 unspecified atom stereocenters. The fourth-order valence-electron chi connectivity index (χ4n) is 0.805. The molecule has 0 aliphatic carbocycles. The van der Waals surface area contributed by atoms with Gasteiger partial charge in [0, 0.05) is 0 Å². The summed E-state index contributed by atoms with van der Waals surface area (Å²) in [6.45, 7) is 1.96. The van der Waals surface area contributed by atoms with Crippen molar-refractivity contribution >= 4 is 5.97 Å². The largest absolute Gasteiger partial charge is 0.481 e. The van der Waals surface area contributed by atoms with E-state index in [2.05, 4.69) is 0 Å². The third-order valence-electron chi connectivity index (χ3n) is 1.37. The molecular weight excluding hydrogens is 140 g/mol. The van der Waals surface area contributed by atoms with E-state index in [0.29, 0.717) is 0 Å². The smallest absolute Gasteiger partial charge is 0.312 e. The van der Waals surface area contributed by atoms with Gasteiger partial charge >= 0.3 is 5.97 Å². The summed E-state index contributed by atoms with van der Waals surface area (Å²) in [5, 5.41) is 8.38. The van der Waals surface area contributed by atoms with E-state index in [1.807, 2.05) is 19.1 Å². The number of aliphatic carboxylic acids is 1. The molecule has 2 heteroatoms. The number of carboxylic acids is 1. The molecule has 0 amide bonds. The Morgan fingerprint density at radius 1 is 1.36 bits per heavy atom. The molecule has 1 aromatic rings. The van der Waals surface area contributed by atoms with Gasteiger partial charge in [0.25, 0.3) is 0 Å². The molecule has 0 saturated heterocycles. The first-order valence-corrected chi connectivity index (χ1v) is 3.33. The number of aryl methyl sites for hydroxylation is 1. The topological polar surface area (TPSA) is 37.3 Å². The number of rotatable bonds is 2. The molecule has 0 fully saturated rings. The van der Waals surface area contributed by atoms with Gasteiger partial charge in [0.1, 0.15) is 0 Å². The van der Waals surface area contributed by atoms with Gasteiger partial charge < -0.3 is 5.11 Å². The van der Waals surface area contributed by atoms with Crippen LogP contribution in [0.3, 0.4) is 0 Å². The molecule has 0 heterocycles. The Labute approximate surface area is 65.5 Å². The highest BCUT2D eigenvalue weighted by molar-refractivity contribution is 5.81. The predicted octanol–water partition coefficient (Wildman–Crippen LogP) is 1.63. The normalized spacial score (nSPS) is 9.55. The van der Waals surface area contributed by atoms with Gasteiger partial charge in [-0.2, -0.15) is 0 Å². The lowest BCUT2D eigenvalue weighted by Gasteiger charge is -1.95. The Balaban J connectivity index is 2.74. The second-order valence-corrected chi connectivity index (χ2v) is 2.39. The molecular formula is C9H9O2. The fourth-order valence-corrected chi connectivity index (χ4v) is 0.805. The van der Waals surface area contributed by atoms with Crippen LogP contribution in [-0.2, 0) is 4.79 Å². The van der Waals surface area contributed by atoms with Crippen molar-refractivity contribution in [3.63, 3.8) is 0 Å². The molecule has 1 aromatic carbocycles. The summed E-state index contributed by atoms with van der Waals surface area (Å²) in [5.41, 5.74) is 1.86. The number of carbonyl (C=O) groups is 1. The number of hydrogen-bond donors (Lipinski definition) is 1. The molecule has 11 heavy (non-hydrogen) atoms. The summed E-state index contributed by atoms with van der Waals surface area (Å²) in [6.07, 6.45) is 1.18. The van der Waals surface area contributed by atoms with Crippen molar-refractivity contribution in [3.8, 4) is 0 Å². The first-order chi connectivity index (χ1) is 5.18. The quantitative estimate of drug-likeness (QED) is 0.693. The van der Waals surface area contributed by atoms with Crippen LogP contribution >= 0.6 is 0 Å². The minimum absolute atomic E-state index is 0.725. The van der Waals surface area contributed by atoms with E-state index in [-0.39, 0.29) is 0 Å². The van der Waals surface area contributed by atoms with E-state index < -0.39 is 5.97 Å². The second kappa shape index (κ2) is 3.19. The first kappa shape index (κ1) is 7.79. The molecule has 1 radical (unpaired) electrons. The monoisotopic (exact) mass is 149 g/mol. The lowest BCUT2D eigenvalue weighted by Crippen LogP contribution is -1.96. The van der Waals surface area contributed by atoms with E-state index in [1.165, 1.54) is 6.42 Å². The van der Waals surface area contributed by atoms with Crippen LogP contribution < -0.4 is 0 Å². The fraction of sp³-hybridized carbons (Fsp3) is 0.111. The van der Waals surface area contributed by atoms with Crippen LogP contribution in [0.15, 0.2) is 24.3 Å². The maximum absolute atomic E-state index is 10.2. The SMILES string of the molecule is Cc1ccc([CH]C(=O)O)cc1. The highest BCUT2D eigenvalue weighted by Gasteiger charge is 1.98. The Morgan fingerprint density at radius 2 is 1.91 bits per heavy atom. The summed E-state index contributed by atoms with van der Waals surface area (Å²) in [6, 6.07) is 7.33. The molecule has 0 saturated carbocycles. The summed E-state index contributed by atoms with van der Waals surface area (Å²) in [7, 11) is 0. The molecule has 0 bridgehead atoms. The molecule has 0 aromatic heterocycles. The zero-order chi connectivity index (χ0) is 8.27. The van der Waals surface area contributed by atoms with Crippen molar-refractivity contribution in [3.05, 3.63) is 41.8 Å². The Morgan fingerprint density at radius 3 is 2.36 bits per heavy atom. The van der Waals surface area contributed by atoms with Crippen molar-refractivity contribution in [1.29, 1.82) is 0 Å². The lowest BCUT2D eigenvalue weighted by molar-refractivity contribution is -0.132. The van der Waals surface area contributed by atoms with Gasteiger partial charge in [0.05, 0.1) is 6.42 Å². The highest BCUT2D eigenvalue weighted by atomic mass is 16.4. The van der Waals surface area contributed by atoms with E-state index >= 15 is 0 Å². The minimum atomic E-state index is -0.908. The second-order valence-electron chi connectivity index (χ2n) is 2.39. The summed E-state index contributed by atoms with van der Waals surface area (Å²) < 4.78 is 0. The number of benzene rings is 1. The standard InChI is InChI=1S/C9H9O2/c1-7-2-4-8(5-3-7)6-9(10)11/h2-6H,1H3,(H,10,11). The summed E-state index contributed by atoms with van der Waals surface area (Å²) in [5.74, 6) is -0.908. The minimum Gasteiger partial charge on any atom is -0.481 e. The van der Waals surface area contributed by atoms with Gasteiger partial charge in [-0.05, 0) is 12.5 Å². The molecule has 2 nitrogen and oxygen atoms in total. The molecule has 57 valence electrons. The van der Waals surface area contributed by atoms with Crippen LogP contribution in [0.1, 0.15) is 11.1 Å². The maximum Gasteiger partial charge on any atom is 0.312 e. The van der Waals surface area contributed by atoms with Crippen molar-refractivity contribution in [2.75, 3.05) is 0 Å². The third kappa shape index (κ3) is 2.42. The Kier molecular flexibility index (Phi) is 2.26. The Hall–Kier alpha value is -1.31. The molecule has 1 rings (SSSR count). The van der Waals surface area contributed by atoms with E-state index in [0.717, 1.165) is 11.1 Å². The maximum atomic E-state index is 10.2. The summed E-state index contributed by atoms with van der Waals surface area (Å²) in [4.78, 5) is 10.2. The van der Waals surface area contributed by atoms with Gasteiger partial charge in [-0.25, -0.2) is 0 Å². The molecule has 0 spiro atoms. The van der Waals surface area contributed by atoms with Gasteiger partial charge in [0.15, 0.2) is 0 Å². The van der Waals surface area contributed by atoms with E-state index in [9.17, 15) is 4.79 Å². The average molecular weight is 149 g/mol. The molecule has 0 atom stereocenters. The highest BCUT2D eigenvalue weighted by Crippen LogP contribution is 2.04. The molecule has 0 aliphatic heterocycles. The third-order valence-corrected chi connectivity index (χ3v) is 1.37. The van der Waals surface area contributed by atoms with Crippen LogP contribution in [0.2, 0.25) is 0 Å². The van der Waals surface area contributed by atoms with Crippen molar-refractivity contribution in [2.45, 2.75) is 6.92 Å². The van der Waals surface area contributed by atoms with Crippen LogP contribution in [0.4, 0.5) is 0 Å². The Bertz CT molecular complexity index is 249. The molecule has 1 N–H and O–H groups in total. The van der Waals surface area contributed by atoms with Crippen LogP contribution in [-0.4, -0.2) is 11.1 Å². The van der Waals surface area contributed by atoms with Crippen molar-refractivity contribution in [1.82, 2.24) is 0 Å². The van der Waals surface area contributed by atoms with Gasteiger partial charge in [-0.15, -0.1) is 0 Å². The van der Waals surface area contributed by atoms with Crippen molar-refractivity contribution < 1.29 is 9.90 Å². The van der Waals surface area contributed by atoms with Crippen LogP contribution in [0.5, 0.6) is 0 Å². The first-order valence-electron chi connectivity index (χ1n) is 3.33. The lowest BCUT2D eigenvalue weighted by atomic mass is 10.1. The predicted molar refractivity (Wildman–Crippen MR) is 42.2 cm³/mol. The van der Waals surface area contributed by atoms with Crippen LogP contribution in [0, 0.1) is 13.3 Å². The zero-order valence-corrected chi connectivity index (χ0v) is 6.24.